The summed E-state index contributed by atoms with van der Waals surface area (Å²) in [5.74, 6) is -0.0772. The Bertz CT molecular complexity index is 760. The van der Waals surface area contributed by atoms with E-state index in [2.05, 4.69) is 47.4 Å². The zero-order chi connectivity index (χ0) is 18.9. The molecule has 6 heteroatoms. The lowest BCUT2D eigenvalue weighted by atomic mass is 10.2. The van der Waals surface area contributed by atoms with Crippen molar-refractivity contribution in [2.45, 2.75) is 36.5 Å². The molecule has 2 aromatic carbocycles. The maximum absolute atomic E-state index is 11.9. The van der Waals surface area contributed by atoms with Gasteiger partial charge in [-0.05, 0) is 61.7 Å². The fourth-order valence-corrected chi connectivity index (χ4v) is 3.29. The lowest BCUT2D eigenvalue weighted by molar-refractivity contribution is -0.116. The largest absolute Gasteiger partial charge is 0.453 e. The van der Waals surface area contributed by atoms with Gasteiger partial charge >= 0.3 is 6.09 Å². The monoisotopic (exact) mass is 372 g/mol. The third-order valence-corrected chi connectivity index (χ3v) is 4.91. The summed E-state index contributed by atoms with van der Waals surface area (Å²) in [7, 11) is 1.31. The second-order valence-corrected chi connectivity index (χ2v) is 7.08. The molecule has 0 atom stereocenters. The smallest absolute Gasteiger partial charge is 0.406 e. The highest BCUT2D eigenvalue weighted by Crippen LogP contribution is 2.31. The number of methoxy groups -OCH3 is 1. The summed E-state index contributed by atoms with van der Waals surface area (Å²) in [5, 5.41) is 5.41. The Labute approximate surface area is 158 Å². The molecular formula is C20H24N2O3S. The first-order valence-corrected chi connectivity index (χ1v) is 9.26. The number of amides is 2. The van der Waals surface area contributed by atoms with E-state index in [4.69, 9.17) is 0 Å². The second-order valence-electron chi connectivity index (χ2n) is 5.97. The summed E-state index contributed by atoms with van der Waals surface area (Å²) in [6.07, 6.45) is 0.409. The predicted octanol–water partition coefficient (Wildman–Crippen LogP) is 4.53. The average Bonchev–Trinajstić information content (AvgIpc) is 2.63. The molecule has 0 bridgehead atoms. The highest BCUT2D eigenvalue weighted by Gasteiger charge is 2.05. The minimum atomic E-state index is -0.484. The van der Waals surface area contributed by atoms with Gasteiger partial charge in [0.15, 0.2) is 0 Å². The summed E-state index contributed by atoms with van der Waals surface area (Å²) in [6, 6.07) is 14.2. The molecule has 0 fully saturated rings. The number of anilines is 1. The lowest BCUT2D eigenvalue weighted by Crippen LogP contribution is -2.25. The number of hydrogen-bond donors (Lipinski definition) is 2. The van der Waals surface area contributed by atoms with E-state index in [9.17, 15) is 9.59 Å². The maximum Gasteiger partial charge on any atom is 0.406 e. The number of alkyl carbamates (subject to hydrolysis) is 1. The number of rotatable bonds is 7. The molecule has 0 aliphatic carbocycles. The molecule has 0 spiro atoms. The number of carbonyl (C=O) groups excluding carboxylic acids is 2. The van der Waals surface area contributed by atoms with Crippen molar-refractivity contribution in [2.24, 2.45) is 0 Å². The van der Waals surface area contributed by atoms with Crippen LogP contribution >= 0.6 is 11.8 Å². The summed E-state index contributed by atoms with van der Waals surface area (Å²) < 4.78 is 4.47. The van der Waals surface area contributed by atoms with Gasteiger partial charge in [0, 0.05) is 28.4 Å². The van der Waals surface area contributed by atoms with Crippen LogP contribution in [0.25, 0.3) is 0 Å². The van der Waals surface area contributed by atoms with Crippen LogP contribution in [-0.4, -0.2) is 25.7 Å². The van der Waals surface area contributed by atoms with Crippen molar-refractivity contribution in [2.75, 3.05) is 19.0 Å². The topological polar surface area (TPSA) is 67.4 Å². The number of ether oxygens (including phenoxy) is 1. The normalized spacial score (nSPS) is 10.3. The van der Waals surface area contributed by atoms with Crippen molar-refractivity contribution in [3.8, 4) is 0 Å². The van der Waals surface area contributed by atoms with Crippen molar-refractivity contribution in [1.82, 2.24) is 5.32 Å². The van der Waals surface area contributed by atoms with Gasteiger partial charge < -0.3 is 15.4 Å². The standard InChI is InChI=1S/C20H24N2O3S/c1-14-6-7-15(2)18(13-14)26-17-10-8-16(9-11-17)22-19(23)5-4-12-21-20(24)25-3/h6-11,13H,4-5,12H2,1-3H3,(H,21,24)(H,22,23). The van der Waals surface area contributed by atoms with Gasteiger partial charge in [-0.3, -0.25) is 4.79 Å². The third-order valence-electron chi connectivity index (χ3n) is 3.74. The van der Waals surface area contributed by atoms with Crippen LogP contribution in [0.15, 0.2) is 52.3 Å². The second kappa shape index (κ2) is 9.87. The van der Waals surface area contributed by atoms with Crippen molar-refractivity contribution in [1.29, 1.82) is 0 Å². The van der Waals surface area contributed by atoms with E-state index in [-0.39, 0.29) is 5.91 Å². The molecule has 0 aromatic heterocycles. The van der Waals surface area contributed by atoms with Crippen molar-refractivity contribution in [3.05, 3.63) is 53.6 Å². The highest BCUT2D eigenvalue weighted by molar-refractivity contribution is 7.99. The van der Waals surface area contributed by atoms with Gasteiger partial charge in [-0.2, -0.15) is 0 Å². The van der Waals surface area contributed by atoms with Gasteiger partial charge in [0.25, 0.3) is 0 Å². The van der Waals surface area contributed by atoms with Gasteiger partial charge in [-0.1, -0.05) is 23.9 Å². The van der Waals surface area contributed by atoms with Crippen LogP contribution in [-0.2, 0) is 9.53 Å². The number of benzene rings is 2. The molecule has 26 heavy (non-hydrogen) atoms. The maximum atomic E-state index is 11.9. The van der Waals surface area contributed by atoms with Crippen molar-refractivity contribution in [3.63, 3.8) is 0 Å². The molecule has 138 valence electrons. The molecule has 0 saturated heterocycles. The van der Waals surface area contributed by atoms with Crippen LogP contribution in [0.2, 0.25) is 0 Å². The summed E-state index contributed by atoms with van der Waals surface area (Å²) >= 11 is 1.71. The molecule has 2 N–H and O–H groups in total. The summed E-state index contributed by atoms with van der Waals surface area (Å²) in [4.78, 5) is 25.2. The molecular weight excluding hydrogens is 348 g/mol. The fraction of sp³-hybridized carbons (Fsp3) is 0.300. The van der Waals surface area contributed by atoms with Crippen LogP contribution in [0.3, 0.4) is 0 Å². The van der Waals surface area contributed by atoms with E-state index in [1.807, 2.05) is 24.3 Å². The molecule has 2 rings (SSSR count). The Morgan fingerprint density at radius 1 is 1.08 bits per heavy atom. The van der Waals surface area contributed by atoms with E-state index in [1.165, 1.54) is 23.1 Å². The van der Waals surface area contributed by atoms with Crippen LogP contribution in [0, 0.1) is 13.8 Å². The van der Waals surface area contributed by atoms with Gasteiger partial charge in [-0.15, -0.1) is 0 Å². The number of nitrogens with one attached hydrogen (secondary N) is 2. The first-order chi connectivity index (χ1) is 12.5. The fourth-order valence-electron chi connectivity index (χ4n) is 2.29. The predicted molar refractivity (Wildman–Crippen MR) is 105 cm³/mol. The number of carbonyl (C=O) groups is 2. The molecule has 5 nitrogen and oxygen atoms in total. The first kappa shape index (κ1) is 19.8. The minimum absolute atomic E-state index is 0.0772. The van der Waals surface area contributed by atoms with Crippen LogP contribution < -0.4 is 10.6 Å². The Kier molecular flexibility index (Phi) is 7.53. The summed E-state index contributed by atoms with van der Waals surface area (Å²) in [6.45, 7) is 4.60. The highest BCUT2D eigenvalue weighted by atomic mass is 32.2. The third kappa shape index (κ3) is 6.44. The molecule has 0 unspecified atom stereocenters. The zero-order valence-corrected chi connectivity index (χ0v) is 16.1. The lowest BCUT2D eigenvalue weighted by Gasteiger charge is -2.09. The van der Waals surface area contributed by atoms with E-state index in [0.717, 1.165) is 10.6 Å². The Hall–Kier alpha value is -2.47. The molecule has 0 aliphatic heterocycles. The van der Waals surface area contributed by atoms with E-state index >= 15 is 0 Å². The average molecular weight is 372 g/mol. The Morgan fingerprint density at radius 3 is 2.50 bits per heavy atom. The van der Waals surface area contributed by atoms with Crippen molar-refractivity contribution >= 4 is 29.4 Å². The number of hydrogen-bond acceptors (Lipinski definition) is 4. The summed E-state index contributed by atoms with van der Waals surface area (Å²) in [5.41, 5.74) is 3.25. The van der Waals surface area contributed by atoms with Gasteiger partial charge in [0.2, 0.25) is 5.91 Å². The SMILES string of the molecule is COC(=O)NCCCC(=O)Nc1ccc(Sc2cc(C)ccc2C)cc1. The quantitative estimate of drug-likeness (QED) is 0.701. The zero-order valence-electron chi connectivity index (χ0n) is 15.3. The van der Waals surface area contributed by atoms with E-state index in [1.54, 1.807) is 11.8 Å². The molecule has 0 aliphatic rings. The molecule has 0 heterocycles. The first-order valence-electron chi connectivity index (χ1n) is 8.45. The van der Waals surface area contributed by atoms with E-state index < -0.39 is 6.09 Å². The van der Waals surface area contributed by atoms with Crippen molar-refractivity contribution < 1.29 is 14.3 Å². The molecule has 2 aromatic rings. The minimum Gasteiger partial charge on any atom is -0.453 e. The van der Waals surface area contributed by atoms with E-state index in [0.29, 0.717) is 19.4 Å². The van der Waals surface area contributed by atoms with Gasteiger partial charge in [0.05, 0.1) is 7.11 Å². The molecule has 2 amide bonds. The van der Waals surface area contributed by atoms with Gasteiger partial charge in [0.1, 0.15) is 0 Å². The Balaban J connectivity index is 1.82. The van der Waals surface area contributed by atoms with Crippen LogP contribution in [0.1, 0.15) is 24.0 Å². The Morgan fingerprint density at radius 2 is 1.81 bits per heavy atom. The van der Waals surface area contributed by atoms with Gasteiger partial charge in [-0.25, -0.2) is 4.79 Å². The van der Waals surface area contributed by atoms with Crippen LogP contribution in [0.5, 0.6) is 0 Å². The van der Waals surface area contributed by atoms with Crippen LogP contribution in [0.4, 0.5) is 10.5 Å². The molecule has 0 radical (unpaired) electrons. The molecule has 0 saturated carbocycles. The number of aryl methyl sites for hydroxylation is 2.